The van der Waals surface area contributed by atoms with Gasteiger partial charge in [0.15, 0.2) is 0 Å². The third-order valence-corrected chi connectivity index (χ3v) is 2.79. The van der Waals surface area contributed by atoms with Crippen molar-refractivity contribution in [2.75, 3.05) is 26.1 Å². The first-order chi connectivity index (χ1) is 11.3. The number of carbonyl (C=O) groups excluding carboxylic acids is 2. The summed E-state index contributed by atoms with van der Waals surface area (Å²) < 4.78 is 37.7. The van der Waals surface area contributed by atoms with Gasteiger partial charge in [-0.1, -0.05) is 11.6 Å². The van der Waals surface area contributed by atoms with Gasteiger partial charge in [-0.2, -0.15) is 0 Å². The molecule has 6 nitrogen and oxygen atoms in total. The second-order valence-electron chi connectivity index (χ2n) is 5.31. The normalized spacial score (nSPS) is 13.5. The second kappa shape index (κ2) is 6.87. The highest BCUT2D eigenvalue weighted by molar-refractivity contribution is 6.34. The summed E-state index contributed by atoms with van der Waals surface area (Å²) in [5, 5.41) is -0.150. The van der Waals surface area contributed by atoms with Crippen LogP contribution in [0.25, 0.3) is 0 Å². The van der Waals surface area contributed by atoms with E-state index in [2.05, 4.69) is 4.74 Å². The fourth-order valence-corrected chi connectivity index (χ4v) is 1.81. The number of benzene rings is 1. The Hall–Kier alpha value is -1.95. The minimum atomic E-state index is -2.87. The SMILES string of the molecule is [2H]C([2H])([2H])N(C(=O)OC(C)(C)C)c1cc(OC)c(C(=O)OC)cc1Cl. The number of nitrogens with zero attached hydrogens (tertiary/aromatic N) is 1. The monoisotopic (exact) mass is 332 g/mol. The maximum Gasteiger partial charge on any atom is 0.414 e. The van der Waals surface area contributed by atoms with Crippen molar-refractivity contribution in [3.63, 3.8) is 0 Å². The lowest BCUT2D eigenvalue weighted by Crippen LogP contribution is -2.34. The molecule has 0 atom stereocenters. The number of hydrogen-bond acceptors (Lipinski definition) is 5. The molecule has 122 valence electrons. The van der Waals surface area contributed by atoms with Crippen molar-refractivity contribution in [1.82, 2.24) is 0 Å². The molecular formula is C15H20ClNO5. The van der Waals surface area contributed by atoms with E-state index >= 15 is 0 Å². The summed E-state index contributed by atoms with van der Waals surface area (Å²) in [4.78, 5) is 24.6. The van der Waals surface area contributed by atoms with Crippen LogP contribution in [0.5, 0.6) is 5.75 Å². The third kappa shape index (κ3) is 4.27. The second-order valence-corrected chi connectivity index (χ2v) is 5.72. The highest BCUT2D eigenvalue weighted by Gasteiger charge is 2.24. The molecule has 0 aromatic heterocycles. The van der Waals surface area contributed by atoms with Crippen molar-refractivity contribution < 1.29 is 27.9 Å². The van der Waals surface area contributed by atoms with Crippen molar-refractivity contribution in [1.29, 1.82) is 0 Å². The summed E-state index contributed by atoms with van der Waals surface area (Å²) in [7, 11) is 2.46. The number of rotatable bonds is 3. The molecule has 0 aliphatic rings. The predicted octanol–water partition coefficient (Wildman–Crippen LogP) is 3.51. The molecule has 1 amide bonds. The summed E-state index contributed by atoms with van der Waals surface area (Å²) in [6.07, 6.45) is -1.11. The molecule has 1 aromatic rings. The van der Waals surface area contributed by atoms with Crippen LogP contribution in [-0.2, 0) is 9.47 Å². The summed E-state index contributed by atoms with van der Waals surface area (Å²) in [5.41, 5.74) is -1.10. The van der Waals surface area contributed by atoms with E-state index in [4.69, 9.17) is 25.2 Å². The molecule has 7 heteroatoms. The fourth-order valence-electron chi connectivity index (χ4n) is 1.56. The third-order valence-electron chi connectivity index (χ3n) is 2.49. The zero-order valence-electron chi connectivity index (χ0n) is 16.0. The lowest BCUT2D eigenvalue weighted by molar-refractivity contribution is 0.0585. The Bertz CT molecular complexity index is 670. The molecule has 0 unspecified atom stereocenters. The quantitative estimate of drug-likeness (QED) is 0.792. The van der Waals surface area contributed by atoms with Crippen LogP contribution < -0.4 is 9.64 Å². The van der Waals surface area contributed by atoms with Gasteiger partial charge in [-0.25, -0.2) is 9.59 Å². The first kappa shape index (κ1) is 13.7. The average molecular weight is 333 g/mol. The van der Waals surface area contributed by atoms with Crippen LogP contribution in [0.15, 0.2) is 12.1 Å². The van der Waals surface area contributed by atoms with Crippen LogP contribution in [0.3, 0.4) is 0 Å². The Balaban J connectivity index is 3.51. The van der Waals surface area contributed by atoms with Crippen LogP contribution in [0, 0.1) is 0 Å². The number of esters is 1. The van der Waals surface area contributed by atoms with Crippen molar-refractivity contribution in [2.24, 2.45) is 0 Å². The molecule has 0 radical (unpaired) electrons. The van der Waals surface area contributed by atoms with Crippen LogP contribution in [0.2, 0.25) is 5.02 Å². The summed E-state index contributed by atoms with van der Waals surface area (Å²) in [5.74, 6) is -0.716. The van der Waals surface area contributed by atoms with Gasteiger partial charge in [0.2, 0.25) is 0 Å². The van der Waals surface area contributed by atoms with E-state index in [0.717, 1.165) is 0 Å². The van der Waals surface area contributed by atoms with Crippen molar-refractivity contribution in [2.45, 2.75) is 26.4 Å². The van der Waals surface area contributed by atoms with Gasteiger partial charge in [-0.3, -0.25) is 4.90 Å². The fraction of sp³-hybridized carbons (Fsp3) is 0.467. The zero-order valence-corrected chi connectivity index (χ0v) is 13.8. The maximum absolute atomic E-state index is 12.4. The number of methoxy groups -OCH3 is 2. The molecule has 0 saturated heterocycles. The highest BCUT2D eigenvalue weighted by atomic mass is 35.5. The van der Waals surface area contributed by atoms with Crippen LogP contribution in [0.4, 0.5) is 10.5 Å². The van der Waals surface area contributed by atoms with E-state index in [-0.39, 0.29) is 22.0 Å². The summed E-state index contributed by atoms with van der Waals surface area (Å²) in [6, 6.07) is 2.34. The summed E-state index contributed by atoms with van der Waals surface area (Å²) in [6.45, 7) is 1.94. The van der Waals surface area contributed by atoms with Crippen LogP contribution in [-0.4, -0.2) is 38.9 Å². The first-order valence-electron chi connectivity index (χ1n) is 7.81. The Kier molecular flexibility index (Phi) is 4.28. The molecule has 0 aliphatic carbocycles. The number of amides is 1. The minimum Gasteiger partial charge on any atom is -0.496 e. The number of anilines is 1. The van der Waals surface area contributed by atoms with Crippen LogP contribution >= 0.6 is 11.6 Å². The summed E-state index contributed by atoms with van der Waals surface area (Å²) >= 11 is 6.11. The van der Waals surface area contributed by atoms with Crippen LogP contribution in [0.1, 0.15) is 35.2 Å². The van der Waals surface area contributed by atoms with Gasteiger partial charge in [0.05, 0.1) is 24.9 Å². The Morgan fingerprint density at radius 2 is 1.91 bits per heavy atom. The van der Waals surface area contributed by atoms with Crippen molar-refractivity contribution in [3.05, 3.63) is 22.7 Å². The van der Waals surface area contributed by atoms with Gasteiger partial charge in [-0.05, 0) is 26.8 Å². The molecule has 1 aromatic carbocycles. The lowest BCUT2D eigenvalue weighted by Gasteiger charge is -2.25. The van der Waals surface area contributed by atoms with Gasteiger partial charge >= 0.3 is 12.1 Å². The number of hydrogen-bond donors (Lipinski definition) is 0. The molecule has 0 fully saturated rings. The number of carbonyl (C=O) groups is 2. The van der Waals surface area contributed by atoms with Gasteiger partial charge in [0, 0.05) is 17.2 Å². The largest absolute Gasteiger partial charge is 0.496 e. The van der Waals surface area contributed by atoms with E-state index < -0.39 is 24.6 Å². The Morgan fingerprint density at radius 3 is 2.36 bits per heavy atom. The van der Waals surface area contributed by atoms with E-state index in [1.54, 1.807) is 20.8 Å². The van der Waals surface area contributed by atoms with E-state index in [1.165, 1.54) is 26.4 Å². The Morgan fingerprint density at radius 1 is 1.27 bits per heavy atom. The molecule has 22 heavy (non-hydrogen) atoms. The molecule has 0 bridgehead atoms. The molecule has 0 saturated carbocycles. The Labute approximate surface area is 139 Å². The molecular weight excluding hydrogens is 310 g/mol. The molecule has 0 aliphatic heterocycles. The van der Waals surface area contributed by atoms with Gasteiger partial charge in [0.1, 0.15) is 16.9 Å². The molecule has 0 N–H and O–H groups in total. The van der Waals surface area contributed by atoms with Crippen molar-refractivity contribution >= 4 is 29.4 Å². The predicted molar refractivity (Wildman–Crippen MR) is 84.0 cm³/mol. The zero-order chi connectivity index (χ0) is 19.6. The lowest BCUT2D eigenvalue weighted by atomic mass is 10.1. The van der Waals surface area contributed by atoms with E-state index in [1.807, 2.05) is 0 Å². The molecule has 0 heterocycles. The highest BCUT2D eigenvalue weighted by Crippen LogP contribution is 2.34. The minimum absolute atomic E-state index is 0.00376. The standard InChI is InChI=1S/C15H20ClNO5/c1-15(2,3)22-14(19)17(4)11-8-12(20-5)9(7-10(11)16)13(18)21-6/h7-8H,1-6H3/i4D3. The van der Waals surface area contributed by atoms with E-state index in [0.29, 0.717) is 4.90 Å². The molecule has 0 spiro atoms. The first-order valence-corrected chi connectivity index (χ1v) is 6.68. The van der Waals surface area contributed by atoms with Gasteiger partial charge in [0.25, 0.3) is 0 Å². The van der Waals surface area contributed by atoms with Gasteiger partial charge in [-0.15, -0.1) is 0 Å². The smallest absolute Gasteiger partial charge is 0.414 e. The number of halogens is 1. The maximum atomic E-state index is 12.4. The van der Waals surface area contributed by atoms with Crippen molar-refractivity contribution in [3.8, 4) is 5.75 Å². The number of ether oxygens (including phenoxy) is 3. The molecule has 1 rings (SSSR count). The average Bonchev–Trinajstić information content (AvgIpc) is 2.44. The topological polar surface area (TPSA) is 65.1 Å². The van der Waals surface area contributed by atoms with Gasteiger partial charge < -0.3 is 14.2 Å². The van der Waals surface area contributed by atoms with E-state index in [9.17, 15) is 9.59 Å².